The second-order valence-corrected chi connectivity index (χ2v) is 3.77. The van der Waals surface area contributed by atoms with Crippen molar-refractivity contribution in [3.05, 3.63) is 17.5 Å². The van der Waals surface area contributed by atoms with Gasteiger partial charge in [-0.1, -0.05) is 13.3 Å². The molecule has 2 nitrogen and oxygen atoms in total. The summed E-state index contributed by atoms with van der Waals surface area (Å²) >= 11 is 0. The van der Waals surface area contributed by atoms with E-state index in [1.165, 1.54) is 30.5 Å². The number of nitrogens with zero attached hydrogens (tertiary/aromatic N) is 2. The van der Waals surface area contributed by atoms with Crippen molar-refractivity contribution in [1.82, 2.24) is 9.78 Å². The minimum Gasteiger partial charge on any atom is -0.269 e. The molecular weight excluding hydrogens is 148 g/mol. The smallest absolute Gasteiger partial charge is 0.0521 e. The summed E-state index contributed by atoms with van der Waals surface area (Å²) in [4.78, 5) is 0. The summed E-state index contributed by atoms with van der Waals surface area (Å²) in [6, 6.07) is 0. The molecular formula is C10H16N2. The summed E-state index contributed by atoms with van der Waals surface area (Å²) in [6.07, 6.45) is 5.86. The van der Waals surface area contributed by atoms with E-state index in [4.69, 9.17) is 0 Å². The van der Waals surface area contributed by atoms with Crippen LogP contribution in [0, 0.1) is 12.8 Å². The van der Waals surface area contributed by atoms with Crippen molar-refractivity contribution in [3.63, 3.8) is 0 Å². The molecule has 0 saturated heterocycles. The van der Waals surface area contributed by atoms with Gasteiger partial charge in [-0.2, -0.15) is 5.10 Å². The molecule has 1 aromatic heterocycles. The topological polar surface area (TPSA) is 17.8 Å². The fourth-order valence-corrected chi connectivity index (χ4v) is 2.00. The number of hydrogen-bond donors (Lipinski definition) is 0. The van der Waals surface area contributed by atoms with Gasteiger partial charge < -0.3 is 0 Å². The van der Waals surface area contributed by atoms with Crippen LogP contribution in [0.25, 0.3) is 0 Å². The highest BCUT2D eigenvalue weighted by Crippen LogP contribution is 2.23. The Kier molecular flexibility index (Phi) is 1.91. The predicted molar refractivity (Wildman–Crippen MR) is 49.1 cm³/mol. The van der Waals surface area contributed by atoms with Gasteiger partial charge in [0, 0.05) is 12.2 Å². The highest BCUT2D eigenvalue weighted by molar-refractivity contribution is 5.17. The zero-order chi connectivity index (χ0) is 8.55. The molecule has 0 aliphatic carbocycles. The lowest BCUT2D eigenvalue weighted by molar-refractivity contribution is 0.337. The van der Waals surface area contributed by atoms with Gasteiger partial charge in [0.05, 0.1) is 6.20 Å². The SMILES string of the molecule is CC[C@H]1CCc2c(C)cnn2C1. The quantitative estimate of drug-likeness (QED) is 0.622. The maximum Gasteiger partial charge on any atom is 0.0521 e. The zero-order valence-electron chi connectivity index (χ0n) is 7.88. The molecule has 0 saturated carbocycles. The third-order valence-electron chi connectivity index (χ3n) is 2.96. The molecule has 0 radical (unpaired) electrons. The van der Waals surface area contributed by atoms with Crippen molar-refractivity contribution in [1.29, 1.82) is 0 Å². The molecule has 1 aliphatic rings. The molecule has 0 spiro atoms. The molecule has 0 bridgehead atoms. The Morgan fingerprint density at radius 2 is 2.50 bits per heavy atom. The molecule has 0 N–H and O–H groups in total. The van der Waals surface area contributed by atoms with Crippen LogP contribution in [0.2, 0.25) is 0 Å². The lowest BCUT2D eigenvalue weighted by Crippen LogP contribution is -2.20. The van der Waals surface area contributed by atoms with Crippen LogP contribution >= 0.6 is 0 Å². The molecule has 2 heterocycles. The minimum absolute atomic E-state index is 0.858. The van der Waals surface area contributed by atoms with E-state index in [2.05, 4.69) is 23.6 Å². The van der Waals surface area contributed by atoms with Crippen LogP contribution in [-0.4, -0.2) is 9.78 Å². The first-order valence-corrected chi connectivity index (χ1v) is 4.82. The normalized spacial score (nSPS) is 22.3. The van der Waals surface area contributed by atoms with E-state index in [1.807, 2.05) is 6.20 Å². The van der Waals surface area contributed by atoms with Crippen LogP contribution in [-0.2, 0) is 13.0 Å². The predicted octanol–water partition coefficient (Wildman–Crippen LogP) is 2.16. The van der Waals surface area contributed by atoms with E-state index in [0.717, 1.165) is 12.5 Å². The third kappa shape index (κ3) is 1.15. The van der Waals surface area contributed by atoms with Crippen molar-refractivity contribution in [2.75, 3.05) is 0 Å². The van der Waals surface area contributed by atoms with Gasteiger partial charge in [-0.05, 0) is 31.2 Å². The average Bonchev–Trinajstić information content (AvgIpc) is 2.47. The van der Waals surface area contributed by atoms with Gasteiger partial charge in [-0.25, -0.2) is 0 Å². The largest absolute Gasteiger partial charge is 0.269 e. The molecule has 12 heavy (non-hydrogen) atoms. The van der Waals surface area contributed by atoms with Crippen molar-refractivity contribution >= 4 is 0 Å². The van der Waals surface area contributed by atoms with E-state index < -0.39 is 0 Å². The number of rotatable bonds is 1. The molecule has 1 aromatic rings. The van der Waals surface area contributed by atoms with Crippen LogP contribution in [0.4, 0.5) is 0 Å². The Hall–Kier alpha value is -0.790. The van der Waals surface area contributed by atoms with Crippen molar-refractivity contribution in [2.45, 2.75) is 39.7 Å². The Balaban J connectivity index is 2.24. The summed E-state index contributed by atoms with van der Waals surface area (Å²) < 4.78 is 2.19. The Labute approximate surface area is 73.6 Å². The van der Waals surface area contributed by atoms with Crippen LogP contribution in [0.5, 0.6) is 0 Å². The van der Waals surface area contributed by atoms with Gasteiger partial charge in [0.25, 0.3) is 0 Å². The van der Waals surface area contributed by atoms with Gasteiger partial charge in [0.2, 0.25) is 0 Å². The molecule has 0 fully saturated rings. The van der Waals surface area contributed by atoms with Crippen molar-refractivity contribution < 1.29 is 0 Å². The number of hydrogen-bond acceptors (Lipinski definition) is 1. The van der Waals surface area contributed by atoms with E-state index >= 15 is 0 Å². The average molecular weight is 164 g/mol. The van der Waals surface area contributed by atoms with Gasteiger partial charge in [0.15, 0.2) is 0 Å². The monoisotopic (exact) mass is 164 g/mol. The minimum atomic E-state index is 0.858. The van der Waals surface area contributed by atoms with Crippen molar-refractivity contribution in [2.24, 2.45) is 5.92 Å². The number of aryl methyl sites for hydroxylation is 1. The highest BCUT2D eigenvalue weighted by Gasteiger charge is 2.18. The number of aromatic nitrogens is 2. The summed E-state index contributed by atoms with van der Waals surface area (Å²) in [5, 5.41) is 4.37. The fraction of sp³-hybridized carbons (Fsp3) is 0.700. The molecule has 2 heteroatoms. The summed E-state index contributed by atoms with van der Waals surface area (Å²) in [5.41, 5.74) is 2.82. The molecule has 0 unspecified atom stereocenters. The standard InChI is InChI=1S/C10H16N2/c1-3-9-4-5-10-8(2)6-11-12(10)7-9/h6,9H,3-5,7H2,1-2H3/t9-/m0/s1. The van der Waals surface area contributed by atoms with E-state index in [-0.39, 0.29) is 0 Å². The lowest BCUT2D eigenvalue weighted by Gasteiger charge is -2.22. The van der Waals surface area contributed by atoms with Gasteiger partial charge >= 0.3 is 0 Å². The number of fused-ring (bicyclic) bond motifs is 1. The fourth-order valence-electron chi connectivity index (χ4n) is 2.00. The van der Waals surface area contributed by atoms with E-state index in [9.17, 15) is 0 Å². The molecule has 2 rings (SSSR count). The second kappa shape index (κ2) is 2.92. The van der Waals surface area contributed by atoms with Crippen LogP contribution in [0.15, 0.2) is 6.20 Å². The molecule has 0 amide bonds. The molecule has 0 aromatic carbocycles. The Morgan fingerprint density at radius 1 is 1.67 bits per heavy atom. The van der Waals surface area contributed by atoms with Crippen molar-refractivity contribution in [3.8, 4) is 0 Å². The molecule has 66 valence electrons. The Morgan fingerprint density at radius 3 is 3.25 bits per heavy atom. The Bertz CT molecular complexity index is 275. The summed E-state index contributed by atoms with van der Waals surface area (Å²) in [5.74, 6) is 0.858. The summed E-state index contributed by atoms with van der Waals surface area (Å²) in [6.45, 7) is 5.57. The third-order valence-corrected chi connectivity index (χ3v) is 2.96. The van der Waals surface area contributed by atoms with Gasteiger partial charge in [0.1, 0.15) is 0 Å². The first-order chi connectivity index (χ1) is 5.81. The van der Waals surface area contributed by atoms with Gasteiger partial charge in [-0.3, -0.25) is 4.68 Å². The summed E-state index contributed by atoms with van der Waals surface area (Å²) in [7, 11) is 0. The van der Waals surface area contributed by atoms with E-state index in [0.29, 0.717) is 0 Å². The highest BCUT2D eigenvalue weighted by atomic mass is 15.3. The van der Waals surface area contributed by atoms with Gasteiger partial charge in [-0.15, -0.1) is 0 Å². The first kappa shape index (κ1) is 7.84. The van der Waals surface area contributed by atoms with Crippen LogP contribution in [0.1, 0.15) is 31.0 Å². The zero-order valence-corrected chi connectivity index (χ0v) is 7.88. The lowest BCUT2D eigenvalue weighted by atomic mass is 9.95. The molecule has 1 aliphatic heterocycles. The first-order valence-electron chi connectivity index (χ1n) is 4.82. The van der Waals surface area contributed by atoms with Crippen LogP contribution in [0.3, 0.4) is 0 Å². The van der Waals surface area contributed by atoms with Crippen LogP contribution < -0.4 is 0 Å². The second-order valence-electron chi connectivity index (χ2n) is 3.77. The van der Waals surface area contributed by atoms with E-state index in [1.54, 1.807) is 0 Å². The maximum atomic E-state index is 4.37. The maximum absolute atomic E-state index is 4.37. The molecule has 1 atom stereocenters.